The van der Waals surface area contributed by atoms with E-state index in [1.54, 1.807) is 0 Å². The van der Waals surface area contributed by atoms with Crippen LogP contribution in [0.5, 0.6) is 0 Å². The fourth-order valence-corrected chi connectivity index (χ4v) is 1.32. The van der Waals surface area contributed by atoms with Crippen molar-refractivity contribution in [2.45, 2.75) is 0 Å². The molecule has 1 aromatic carbocycles. The number of nitrogens with zero attached hydrogens (tertiary/aromatic N) is 1. The Labute approximate surface area is 70.2 Å². The van der Waals surface area contributed by atoms with Crippen molar-refractivity contribution in [1.29, 1.82) is 0 Å². The molecule has 1 aromatic heterocycles. The van der Waals surface area contributed by atoms with Gasteiger partial charge in [-0.15, -0.1) is 0 Å². The quantitative estimate of drug-likeness (QED) is 0.564. The van der Waals surface area contributed by atoms with Crippen molar-refractivity contribution in [1.82, 2.24) is 4.57 Å². The van der Waals surface area contributed by atoms with E-state index in [-0.39, 0.29) is 0 Å². The fourth-order valence-electron chi connectivity index (χ4n) is 1.15. The third-order valence-electron chi connectivity index (χ3n) is 1.75. The lowest BCUT2D eigenvalue weighted by molar-refractivity contribution is 0.968. The van der Waals surface area contributed by atoms with E-state index in [4.69, 9.17) is 11.6 Å². The molecule has 0 amide bonds. The minimum absolute atomic E-state index is 0.771. The second-order valence-corrected chi connectivity index (χ2v) is 2.98. The molecule has 0 bridgehead atoms. The smallest absolute Gasteiger partial charge is 0.0499 e. The van der Waals surface area contributed by atoms with E-state index in [0.717, 1.165) is 15.9 Å². The standard InChI is InChI=1S/C9H7ClN/c1-11-5-4-7-2-3-8(10)6-9(7)11/h2-3,5-6H,1H3. The summed E-state index contributed by atoms with van der Waals surface area (Å²) in [6.45, 7) is 0. The Kier molecular flexibility index (Phi) is 1.40. The molecule has 0 N–H and O–H groups in total. The van der Waals surface area contributed by atoms with Crippen molar-refractivity contribution in [3.8, 4) is 0 Å². The average molecular weight is 165 g/mol. The second-order valence-electron chi connectivity index (χ2n) is 2.55. The highest BCUT2D eigenvalue weighted by Crippen LogP contribution is 2.18. The third kappa shape index (κ3) is 1.02. The molecule has 0 aliphatic heterocycles. The molecular weight excluding hydrogens is 158 g/mol. The van der Waals surface area contributed by atoms with E-state index in [1.165, 1.54) is 0 Å². The number of rotatable bonds is 0. The van der Waals surface area contributed by atoms with Crippen LogP contribution < -0.4 is 0 Å². The number of aromatic nitrogens is 1. The number of hydrogen-bond donors (Lipinski definition) is 0. The fraction of sp³-hybridized carbons (Fsp3) is 0.111. The topological polar surface area (TPSA) is 4.93 Å². The van der Waals surface area contributed by atoms with E-state index >= 15 is 0 Å². The van der Waals surface area contributed by atoms with Crippen LogP contribution in [-0.4, -0.2) is 4.57 Å². The van der Waals surface area contributed by atoms with Crippen molar-refractivity contribution in [2.24, 2.45) is 7.05 Å². The SMILES string of the molecule is Cn1c[c]c2ccc(Cl)cc21. The molecule has 0 atom stereocenters. The van der Waals surface area contributed by atoms with Crippen molar-refractivity contribution < 1.29 is 0 Å². The first-order valence-corrected chi connectivity index (χ1v) is 3.77. The highest BCUT2D eigenvalue weighted by Gasteiger charge is 1.97. The summed E-state index contributed by atoms with van der Waals surface area (Å²) < 4.78 is 2.00. The Morgan fingerprint density at radius 3 is 3.09 bits per heavy atom. The van der Waals surface area contributed by atoms with E-state index in [0.29, 0.717) is 0 Å². The van der Waals surface area contributed by atoms with Gasteiger partial charge in [-0.1, -0.05) is 17.7 Å². The zero-order valence-corrected chi connectivity index (χ0v) is 6.89. The van der Waals surface area contributed by atoms with Gasteiger partial charge in [0, 0.05) is 35.2 Å². The van der Waals surface area contributed by atoms with Gasteiger partial charge >= 0.3 is 0 Å². The first kappa shape index (κ1) is 6.74. The van der Waals surface area contributed by atoms with Gasteiger partial charge in [-0.3, -0.25) is 0 Å². The highest BCUT2D eigenvalue weighted by atomic mass is 35.5. The van der Waals surface area contributed by atoms with E-state index in [2.05, 4.69) is 6.07 Å². The van der Waals surface area contributed by atoms with Crippen LogP contribution in [0.25, 0.3) is 10.9 Å². The van der Waals surface area contributed by atoms with E-state index < -0.39 is 0 Å². The van der Waals surface area contributed by atoms with E-state index in [9.17, 15) is 0 Å². The van der Waals surface area contributed by atoms with Crippen LogP contribution in [0, 0.1) is 6.07 Å². The maximum Gasteiger partial charge on any atom is 0.0499 e. The highest BCUT2D eigenvalue weighted by molar-refractivity contribution is 6.31. The summed E-state index contributed by atoms with van der Waals surface area (Å²) in [6, 6.07) is 8.90. The van der Waals surface area contributed by atoms with Gasteiger partial charge in [0.2, 0.25) is 0 Å². The van der Waals surface area contributed by atoms with Crippen molar-refractivity contribution in [2.75, 3.05) is 0 Å². The average Bonchev–Trinajstić information content (AvgIpc) is 2.33. The maximum atomic E-state index is 5.82. The van der Waals surface area contributed by atoms with Crippen LogP contribution in [0.15, 0.2) is 24.4 Å². The molecule has 55 valence electrons. The Morgan fingerprint density at radius 1 is 1.45 bits per heavy atom. The lowest BCUT2D eigenvalue weighted by Gasteiger charge is -1.95. The second kappa shape index (κ2) is 2.28. The van der Waals surface area contributed by atoms with Crippen molar-refractivity contribution >= 4 is 22.5 Å². The summed E-state index contributed by atoms with van der Waals surface area (Å²) in [5.74, 6) is 0. The molecule has 1 nitrogen and oxygen atoms in total. The van der Waals surface area contributed by atoms with Gasteiger partial charge in [-0.2, -0.15) is 0 Å². The van der Waals surface area contributed by atoms with Gasteiger partial charge in [0.1, 0.15) is 0 Å². The minimum Gasteiger partial charge on any atom is -0.350 e. The number of benzene rings is 1. The van der Waals surface area contributed by atoms with Gasteiger partial charge in [-0.05, 0) is 12.1 Å². The summed E-state index contributed by atoms with van der Waals surface area (Å²) in [4.78, 5) is 0. The molecular formula is C9H7ClN. The molecule has 0 saturated heterocycles. The summed E-state index contributed by atoms with van der Waals surface area (Å²) >= 11 is 5.82. The first-order valence-electron chi connectivity index (χ1n) is 3.39. The zero-order chi connectivity index (χ0) is 7.84. The van der Waals surface area contributed by atoms with Crippen molar-refractivity contribution in [3.05, 3.63) is 35.5 Å². The molecule has 2 aromatic rings. The molecule has 0 aliphatic carbocycles. The monoisotopic (exact) mass is 164 g/mol. The Morgan fingerprint density at radius 2 is 2.27 bits per heavy atom. The van der Waals surface area contributed by atoms with Crippen LogP contribution in [0.4, 0.5) is 0 Å². The molecule has 2 heteroatoms. The predicted octanol–water partition coefficient (Wildman–Crippen LogP) is 2.63. The number of fused-ring (bicyclic) bond motifs is 1. The molecule has 0 saturated carbocycles. The Hall–Kier alpha value is -0.950. The minimum atomic E-state index is 0.771. The molecule has 1 radical (unpaired) electrons. The molecule has 0 unspecified atom stereocenters. The summed E-state index contributed by atoms with van der Waals surface area (Å²) in [5.41, 5.74) is 1.12. The summed E-state index contributed by atoms with van der Waals surface area (Å²) in [7, 11) is 1.98. The molecule has 1 heterocycles. The number of hydrogen-bond acceptors (Lipinski definition) is 0. The summed E-state index contributed by atoms with van der Waals surface area (Å²) in [5, 5.41) is 1.88. The Bertz CT molecular complexity index is 389. The largest absolute Gasteiger partial charge is 0.350 e. The molecule has 2 rings (SSSR count). The molecule has 0 spiro atoms. The first-order chi connectivity index (χ1) is 5.27. The van der Waals surface area contributed by atoms with Gasteiger partial charge in [0.25, 0.3) is 0 Å². The van der Waals surface area contributed by atoms with Gasteiger partial charge in [0.05, 0.1) is 0 Å². The van der Waals surface area contributed by atoms with Gasteiger partial charge in [0.15, 0.2) is 0 Å². The summed E-state index contributed by atoms with van der Waals surface area (Å²) in [6.07, 6.45) is 1.90. The molecule has 0 fully saturated rings. The van der Waals surface area contributed by atoms with Gasteiger partial charge in [-0.25, -0.2) is 0 Å². The van der Waals surface area contributed by atoms with Crippen LogP contribution in [0.2, 0.25) is 5.02 Å². The third-order valence-corrected chi connectivity index (χ3v) is 1.99. The number of aryl methyl sites for hydroxylation is 1. The van der Waals surface area contributed by atoms with Crippen LogP contribution in [0.3, 0.4) is 0 Å². The maximum absolute atomic E-state index is 5.82. The molecule has 11 heavy (non-hydrogen) atoms. The Balaban J connectivity index is 2.87. The van der Waals surface area contributed by atoms with E-state index in [1.807, 2.05) is 36.0 Å². The van der Waals surface area contributed by atoms with Crippen LogP contribution >= 0.6 is 11.6 Å². The van der Waals surface area contributed by atoms with Gasteiger partial charge < -0.3 is 4.57 Å². The zero-order valence-electron chi connectivity index (χ0n) is 6.13. The van der Waals surface area contributed by atoms with Crippen molar-refractivity contribution in [3.63, 3.8) is 0 Å². The number of halogens is 1. The predicted molar refractivity (Wildman–Crippen MR) is 46.8 cm³/mol. The van der Waals surface area contributed by atoms with Crippen LogP contribution in [-0.2, 0) is 7.05 Å². The van der Waals surface area contributed by atoms with Crippen LogP contribution in [0.1, 0.15) is 0 Å². The lowest BCUT2D eigenvalue weighted by Crippen LogP contribution is -1.82. The normalized spacial score (nSPS) is 10.7. The molecule has 0 aliphatic rings. The lowest BCUT2D eigenvalue weighted by atomic mass is 10.2.